The molecule has 0 saturated carbocycles. The maximum Gasteiger partial charge on any atom is 0.526 e. The molecular weight excluding hydrogens is 574 g/mol. The van der Waals surface area contributed by atoms with Crippen LogP contribution in [0.1, 0.15) is 47.8 Å². The third kappa shape index (κ3) is 6.19. The van der Waals surface area contributed by atoms with E-state index in [1.165, 1.54) is 17.9 Å². The molecule has 13 nitrogen and oxygen atoms in total. The van der Waals surface area contributed by atoms with Crippen molar-refractivity contribution in [2.24, 2.45) is 5.14 Å². The largest absolute Gasteiger partial charge is 0.535 e. The van der Waals surface area contributed by atoms with Crippen molar-refractivity contribution in [3.63, 3.8) is 0 Å². The monoisotopic (exact) mass is 602 g/mol. The molecule has 2 atom stereocenters. The van der Waals surface area contributed by atoms with Crippen LogP contribution in [0.25, 0.3) is 0 Å². The van der Waals surface area contributed by atoms with Crippen LogP contribution in [0.2, 0.25) is 5.82 Å². The molecule has 2 aliphatic heterocycles. The van der Waals surface area contributed by atoms with Crippen LogP contribution < -0.4 is 15.1 Å². The molecule has 2 aromatic carbocycles. The first kappa shape index (κ1) is 30.8. The second-order valence-electron chi connectivity index (χ2n) is 9.95. The van der Waals surface area contributed by atoms with E-state index >= 15 is 4.39 Å². The Morgan fingerprint density at radius 1 is 1.19 bits per heavy atom. The van der Waals surface area contributed by atoms with E-state index in [4.69, 9.17) is 9.79 Å². The minimum absolute atomic E-state index is 0.0534. The Morgan fingerprint density at radius 3 is 2.52 bits per heavy atom. The highest BCUT2D eigenvalue weighted by Crippen LogP contribution is 2.37. The number of benzene rings is 2. The fraction of sp³-hybridized carbons (Fsp3) is 0.346. The summed E-state index contributed by atoms with van der Waals surface area (Å²) in [6, 6.07) is 4.42. The summed E-state index contributed by atoms with van der Waals surface area (Å²) >= 11 is 0. The normalized spacial score (nSPS) is 17.8. The predicted molar refractivity (Wildman–Crippen MR) is 145 cm³/mol. The number of imide groups is 1. The van der Waals surface area contributed by atoms with E-state index in [-0.39, 0.29) is 43.2 Å². The first-order valence-electron chi connectivity index (χ1n) is 13.0. The van der Waals surface area contributed by atoms with E-state index in [2.05, 4.69) is 5.32 Å². The van der Waals surface area contributed by atoms with Crippen LogP contribution in [-0.2, 0) is 30.8 Å². The fourth-order valence-electron chi connectivity index (χ4n) is 4.93. The Bertz CT molecular complexity index is 1590. The van der Waals surface area contributed by atoms with Gasteiger partial charge in [0.15, 0.2) is 11.6 Å². The van der Waals surface area contributed by atoms with Gasteiger partial charge in [0.2, 0.25) is 10.0 Å². The zero-order chi connectivity index (χ0) is 30.9. The number of piperazine rings is 1. The third-order valence-corrected chi connectivity index (χ3v) is 8.11. The third-order valence-electron chi connectivity index (χ3n) is 7.20. The van der Waals surface area contributed by atoms with Crippen LogP contribution in [0.15, 0.2) is 41.3 Å². The number of sulfonamides is 1. The smallest absolute Gasteiger partial charge is 0.526 e. The van der Waals surface area contributed by atoms with Gasteiger partial charge in [-0.15, -0.1) is 0 Å². The minimum atomic E-state index is -4.30. The number of ketones is 2. The lowest BCUT2D eigenvalue weighted by Gasteiger charge is -2.33. The van der Waals surface area contributed by atoms with Gasteiger partial charge in [0.25, 0.3) is 0 Å². The highest BCUT2D eigenvalue weighted by Gasteiger charge is 2.41. The Kier molecular flexibility index (Phi) is 8.80. The summed E-state index contributed by atoms with van der Waals surface area (Å²) in [5.74, 6) is -5.03. The number of nitrogens with zero attached hydrogens (tertiary/aromatic N) is 2. The van der Waals surface area contributed by atoms with E-state index < -0.39 is 75.3 Å². The number of amides is 4. The second-order valence-corrected chi connectivity index (χ2v) is 11.5. The molecule has 2 aromatic rings. The molecular formula is C26H28BFN4O9S. The average molecular weight is 602 g/mol. The number of fused-ring (bicyclic) bond motifs is 1. The van der Waals surface area contributed by atoms with Gasteiger partial charge in [-0.3, -0.25) is 24.1 Å². The minimum Gasteiger partial charge on any atom is -0.535 e. The number of carbonyl (C=O) groups excluding carboxylic acids is 5. The molecule has 1 saturated heterocycles. The quantitative estimate of drug-likeness (QED) is 0.220. The highest BCUT2D eigenvalue weighted by molar-refractivity contribution is 7.89. The number of halogens is 1. The molecule has 4 N–H and O–H groups in total. The number of nitrogens with two attached hydrogens (primary N) is 1. The molecule has 1 fully saturated rings. The topological polar surface area (TPSA) is 193 Å². The van der Waals surface area contributed by atoms with E-state index in [0.29, 0.717) is 16.5 Å². The van der Waals surface area contributed by atoms with Crippen LogP contribution in [0.5, 0.6) is 5.75 Å². The number of hydrogen-bond acceptors (Lipinski definition) is 9. The van der Waals surface area contributed by atoms with Gasteiger partial charge in [-0.2, -0.15) is 0 Å². The molecule has 0 aliphatic carbocycles. The average Bonchev–Trinajstić information content (AvgIpc) is 2.92. The highest BCUT2D eigenvalue weighted by atomic mass is 32.2. The molecule has 222 valence electrons. The van der Waals surface area contributed by atoms with Gasteiger partial charge in [-0.05, 0) is 44.0 Å². The van der Waals surface area contributed by atoms with Crippen LogP contribution in [0, 0.1) is 5.82 Å². The number of rotatable bonds is 8. The molecule has 0 radical (unpaired) electrons. The molecule has 1 unspecified atom stereocenters. The maximum atomic E-state index is 15.2. The molecule has 0 bridgehead atoms. The zero-order valence-electron chi connectivity index (χ0n) is 22.7. The summed E-state index contributed by atoms with van der Waals surface area (Å²) in [6.07, 6.45) is -0.356. The molecule has 0 spiro atoms. The fourth-order valence-corrected chi connectivity index (χ4v) is 5.46. The van der Waals surface area contributed by atoms with Crippen molar-refractivity contribution in [1.82, 2.24) is 15.1 Å². The van der Waals surface area contributed by atoms with Crippen molar-refractivity contribution in [3.8, 4) is 5.75 Å². The molecule has 2 aliphatic rings. The summed E-state index contributed by atoms with van der Waals surface area (Å²) in [4.78, 5) is 64.8. The number of para-hydroxylation sites is 1. The lowest BCUT2D eigenvalue weighted by Crippen LogP contribution is -2.58. The number of Topliss-reactive ketones (excluding diaryl/α,β-unsaturated/α-hetero) is 2. The van der Waals surface area contributed by atoms with Crippen molar-refractivity contribution >= 4 is 46.6 Å². The lowest BCUT2D eigenvalue weighted by atomic mass is 9.64. The summed E-state index contributed by atoms with van der Waals surface area (Å²) in [5.41, 5.74) is 0.367. The Balaban J connectivity index is 1.63. The van der Waals surface area contributed by atoms with Gasteiger partial charge >= 0.3 is 25.0 Å². The van der Waals surface area contributed by atoms with E-state index in [1.54, 1.807) is 19.1 Å². The molecule has 0 aromatic heterocycles. The number of hydrogen-bond donors (Lipinski definition) is 3. The van der Waals surface area contributed by atoms with E-state index in [9.17, 15) is 37.4 Å². The van der Waals surface area contributed by atoms with Crippen LogP contribution in [0.3, 0.4) is 0 Å². The molecule has 42 heavy (non-hydrogen) atoms. The zero-order valence-corrected chi connectivity index (χ0v) is 23.5. The van der Waals surface area contributed by atoms with E-state index in [0.717, 1.165) is 12.1 Å². The maximum absolute atomic E-state index is 15.2. The molecule has 4 rings (SSSR count). The molecule has 16 heteroatoms. The van der Waals surface area contributed by atoms with Crippen molar-refractivity contribution < 1.29 is 46.5 Å². The summed E-state index contributed by atoms with van der Waals surface area (Å²) in [7, 11) is -5.83. The first-order valence-corrected chi connectivity index (χ1v) is 14.5. The number of carbonyl (C=O) groups is 5. The van der Waals surface area contributed by atoms with Crippen molar-refractivity contribution in [1.29, 1.82) is 0 Å². The van der Waals surface area contributed by atoms with Gasteiger partial charge in [-0.1, -0.05) is 18.2 Å². The predicted octanol–water partition coefficient (Wildman–Crippen LogP) is 0.562. The molecule has 2 heterocycles. The number of urea groups is 1. The number of likely N-dealkylation sites (N-methyl/N-ethyl adjacent to an activating group) is 1. The van der Waals surface area contributed by atoms with Crippen LogP contribution in [0.4, 0.5) is 9.18 Å². The first-order chi connectivity index (χ1) is 19.7. The summed E-state index contributed by atoms with van der Waals surface area (Å²) in [6.45, 7) is 3.11. The Hall–Kier alpha value is -4.15. The molecule has 4 amide bonds. The standard InChI is InChI=1S/C26H28BFN4O9S/c1-3-31-9-10-32(25(36)24(31)35)26(37)30-22(19-8-7-17(13-20(19)28)42(29,39)40)21(34)12-16-11-15-5-4-6-18(14(2)33)23(15)41-27(16)38/h4-8,13,16,22,38H,3,9-12H2,1-2H3,(H,30,37)(H2,29,39,40)/t16-,22?/m1/s1. The van der Waals surface area contributed by atoms with Crippen molar-refractivity contribution in [3.05, 3.63) is 58.9 Å². The van der Waals surface area contributed by atoms with Gasteiger partial charge in [0.1, 0.15) is 17.6 Å². The van der Waals surface area contributed by atoms with Gasteiger partial charge in [0, 0.05) is 37.4 Å². The van der Waals surface area contributed by atoms with Crippen molar-refractivity contribution in [2.75, 3.05) is 19.6 Å². The van der Waals surface area contributed by atoms with Gasteiger partial charge < -0.3 is 19.9 Å². The summed E-state index contributed by atoms with van der Waals surface area (Å²) in [5, 5.41) is 18.0. The van der Waals surface area contributed by atoms with Crippen molar-refractivity contribution in [2.45, 2.75) is 43.4 Å². The SMILES string of the molecule is CCN1CCN(C(=O)NC(C(=O)C[C@H]2Cc3cccc(C(C)=O)c3OB2O)c2ccc(S(N)(=O)=O)cc2F)C(=O)C1=O. The second kappa shape index (κ2) is 12.0. The van der Waals surface area contributed by atoms with Crippen LogP contribution >= 0.6 is 0 Å². The number of nitrogens with one attached hydrogen (secondary N) is 1. The van der Waals surface area contributed by atoms with Gasteiger partial charge in [0.05, 0.1) is 10.5 Å². The van der Waals surface area contributed by atoms with E-state index in [1.807, 2.05) is 0 Å². The Morgan fingerprint density at radius 2 is 1.90 bits per heavy atom. The lowest BCUT2D eigenvalue weighted by molar-refractivity contribution is -0.153. The van der Waals surface area contributed by atoms with Crippen LogP contribution in [-0.4, -0.2) is 79.4 Å². The number of primary sulfonamides is 1. The van der Waals surface area contributed by atoms with Gasteiger partial charge in [-0.25, -0.2) is 22.7 Å². The summed E-state index contributed by atoms with van der Waals surface area (Å²) < 4.78 is 44.2. The Labute approximate surface area is 241 Å².